The van der Waals surface area contributed by atoms with E-state index < -0.39 is 12.0 Å². The minimum atomic E-state index is -1.02. The highest BCUT2D eigenvalue weighted by molar-refractivity contribution is 9.10. The number of carboxylic acid groups (broad SMARTS) is 1. The monoisotopic (exact) mass is 289 g/mol. The fourth-order valence-corrected chi connectivity index (χ4v) is 1.84. The summed E-state index contributed by atoms with van der Waals surface area (Å²) < 4.78 is 5.55. The highest BCUT2D eigenvalue weighted by Gasteiger charge is 2.18. The van der Waals surface area contributed by atoms with E-state index in [4.69, 9.17) is 15.6 Å². The number of ether oxygens (including phenoxy) is 1. The van der Waals surface area contributed by atoms with Crippen LogP contribution in [-0.2, 0) is 4.79 Å². The zero-order valence-electron chi connectivity index (χ0n) is 8.61. The van der Waals surface area contributed by atoms with E-state index in [0.717, 1.165) is 0 Å². The van der Waals surface area contributed by atoms with Crippen LogP contribution in [0.5, 0.6) is 11.5 Å². The van der Waals surface area contributed by atoms with Gasteiger partial charge >= 0.3 is 5.97 Å². The van der Waals surface area contributed by atoms with Crippen LogP contribution >= 0.6 is 15.9 Å². The molecule has 0 aliphatic carbocycles. The molecule has 1 unspecified atom stereocenters. The molecule has 5 nitrogen and oxygen atoms in total. The van der Waals surface area contributed by atoms with E-state index in [-0.39, 0.29) is 17.9 Å². The highest BCUT2D eigenvalue weighted by atomic mass is 79.9. The van der Waals surface area contributed by atoms with Crippen molar-refractivity contribution in [1.29, 1.82) is 0 Å². The molecule has 0 spiro atoms. The van der Waals surface area contributed by atoms with Crippen molar-refractivity contribution in [3.05, 3.63) is 22.2 Å². The number of halogens is 1. The Hall–Kier alpha value is -1.27. The van der Waals surface area contributed by atoms with Crippen LogP contribution in [0, 0.1) is 0 Å². The van der Waals surface area contributed by atoms with Gasteiger partial charge in [0.05, 0.1) is 18.0 Å². The van der Waals surface area contributed by atoms with Crippen molar-refractivity contribution in [2.24, 2.45) is 5.73 Å². The second-order valence-electron chi connectivity index (χ2n) is 3.22. The Labute approximate surface area is 101 Å². The first-order valence-corrected chi connectivity index (χ1v) is 5.29. The van der Waals surface area contributed by atoms with Gasteiger partial charge in [0.2, 0.25) is 0 Å². The summed E-state index contributed by atoms with van der Waals surface area (Å²) in [6, 6.07) is 2.45. The van der Waals surface area contributed by atoms with Crippen LogP contribution in [0.2, 0.25) is 0 Å². The van der Waals surface area contributed by atoms with Crippen molar-refractivity contribution < 1.29 is 19.7 Å². The fraction of sp³-hybridized carbons (Fsp3) is 0.300. The van der Waals surface area contributed by atoms with Gasteiger partial charge in [0.15, 0.2) is 11.5 Å². The second-order valence-corrected chi connectivity index (χ2v) is 4.08. The van der Waals surface area contributed by atoms with E-state index in [1.54, 1.807) is 12.1 Å². The third-order valence-electron chi connectivity index (χ3n) is 2.11. The van der Waals surface area contributed by atoms with E-state index in [1.165, 1.54) is 7.11 Å². The molecule has 0 aliphatic heterocycles. The largest absolute Gasteiger partial charge is 0.504 e. The zero-order valence-corrected chi connectivity index (χ0v) is 10.2. The molecule has 0 aromatic heterocycles. The van der Waals surface area contributed by atoms with E-state index >= 15 is 0 Å². The van der Waals surface area contributed by atoms with Crippen LogP contribution in [0.3, 0.4) is 0 Å². The van der Waals surface area contributed by atoms with Gasteiger partial charge in [0.25, 0.3) is 0 Å². The van der Waals surface area contributed by atoms with Crippen molar-refractivity contribution in [2.75, 3.05) is 7.11 Å². The fourth-order valence-electron chi connectivity index (χ4n) is 1.35. The molecule has 1 atom stereocenters. The Balaban J connectivity index is 3.10. The molecule has 0 radical (unpaired) electrons. The molecule has 1 aromatic carbocycles. The van der Waals surface area contributed by atoms with Gasteiger partial charge in [-0.1, -0.05) is 6.07 Å². The van der Waals surface area contributed by atoms with Crippen LogP contribution < -0.4 is 10.5 Å². The Morgan fingerprint density at radius 3 is 2.75 bits per heavy atom. The molecule has 1 aromatic rings. The van der Waals surface area contributed by atoms with Gasteiger partial charge in [-0.25, -0.2) is 0 Å². The third-order valence-corrected chi connectivity index (χ3v) is 2.74. The first-order valence-electron chi connectivity index (χ1n) is 4.50. The number of phenols is 1. The van der Waals surface area contributed by atoms with E-state index in [1.807, 2.05) is 0 Å². The number of phenolic OH excluding ortho intramolecular Hbond substituents is 1. The van der Waals surface area contributed by atoms with Gasteiger partial charge < -0.3 is 20.7 Å². The summed E-state index contributed by atoms with van der Waals surface area (Å²) in [6.07, 6.45) is -0.252. The number of hydrogen-bond donors (Lipinski definition) is 3. The molecule has 0 amide bonds. The minimum absolute atomic E-state index is 0.134. The number of nitrogens with two attached hydrogens (primary N) is 1. The van der Waals surface area contributed by atoms with Gasteiger partial charge in [-0.05, 0) is 22.0 Å². The summed E-state index contributed by atoms with van der Waals surface area (Å²) in [4.78, 5) is 10.5. The lowest BCUT2D eigenvalue weighted by molar-refractivity contribution is -0.137. The maximum Gasteiger partial charge on any atom is 0.305 e. The number of hydrogen-bond acceptors (Lipinski definition) is 4. The molecule has 0 saturated carbocycles. The molecule has 0 fully saturated rings. The predicted molar refractivity (Wildman–Crippen MR) is 61.5 cm³/mol. The van der Waals surface area contributed by atoms with Gasteiger partial charge in [0.1, 0.15) is 0 Å². The molecule has 0 heterocycles. The average Bonchev–Trinajstić information content (AvgIpc) is 2.17. The molecule has 16 heavy (non-hydrogen) atoms. The maximum absolute atomic E-state index is 10.5. The van der Waals surface area contributed by atoms with Gasteiger partial charge in [0, 0.05) is 11.6 Å². The molecule has 88 valence electrons. The highest BCUT2D eigenvalue weighted by Crippen LogP contribution is 2.39. The van der Waals surface area contributed by atoms with E-state index in [0.29, 0.717) is 10.0 Å². The lowest BCUT2D eigenvalue weighted by atomic mass is 10.0. The number of benzene rings is 1. The first kappa shape index (κ1) is 12.8. The summed E-state index contributed by atoms with van der Waals surface area (Å²) in [7, 11) is 1.41. The molecule has 0 bridgehead atoms. The number of rotatable bonds is 4. The number of aromatic hydroxyl groups is 1. The second kappa shape index (κ2) is 5.18. The van der Waals surface area contributed by atoms with Crippen molar-refractivity contribution in [2.45, 2.75) is 12.5 Å². The number of methoxy groups -OCH3 is 1. The summed E-state index contributed by atoms with van der Waals surface area (Å²) in [6.45, 7) is 0. The topological polar surface area (TPSA) is 92.8 Å². The Kier molecular flexibility index (Phi) is 4.14. The van der Waals surface area contributed by atoms with Crippen molar-refractivity contribution in [3.8, 4) is 11.5 Å². The van der Waals surface area contributed by atoms with Gasteiger partial charge in [-0.3, -0.25) is 4.79 Å². The lowest BCUT2D eigenvalue weighted by Gasteiger charge is -2.14. The van der Waals surface area contributed by atoms with E-state index in [9.17, 15) is 9.90 Å². The molecule has 0 saturated heterocycles. The minimum Gasteiger partial charge on any atom is -0.504 e. The van der Waals surface area contributed by atoms with Gasteiger partial charge in [-0.2, -0.15) is 0 Å². The molecule has 6 heteroatoms. The molecule has 0 aliphatic rings. The maximum atomic E-state index is 10.5. The van der Waals surface area contributed by atoms with Crippen molar-refractivity contribution in [3.63, 3.8) is 0 Å². The molecular formula is C10H12BrNO4. The Bertz CT molecular complexity index is 408. The normalized spacial score (nSPS) is 12.2. The number of aliphatic carboxylic acids is 1. The van der Waals surface area contributed by atoms with Gasteiger partial charge in [-0.15, -0.1) is 0 Å². The van der Waals surface area contributed by atoms with Crippen LogP contribution in [-0.4, -0.2) is 23.3 Å². The van der Waals surface area contributed by atoms with Crippen LogP contribution in [0.25, 0.3) is 0 Å². The molecule has 1 rings (SSSR count). The van der Waals surface area contributed by atoms with Crippen LogP contribution in [0.15, 0.2) is 16.6 Å². The van der Waals surface area contributed by atoms with Crippen molar-refractivity contribution in [1.82, 2.24) is 0 Å². The zero-order chi connectivity index (χ0) is 12.3. The van der Waals surface area contributed by atoms with E-state index in [2.05, 4.69) is 15.9 Å². The first-order chi connectivity index (χ1) is 7.47. The summed E-state index contributed by atoms with van der Waals surface area (Å²) in [5.41, 5.74) is 6.01. The number of carbonyl (C=O) groups is 1. The quantitative estimate of drug-likeness (QED) is 0.784. The lowest BCUT2D eigenvalue weighted by Crippen LogP contribution is -2.15. The van der Waals surface area contributed by atoms with Crippen LogP contribution in [0.4, 0.5) is 0 Å². The summed E-state index contributed by atoms with van der Waals surface area (Å²) >= 11 is 3.20. The smallest absolute Gasteiger partial charge is 0.305 e. The number of carboxylic acids is 1. The predicted octanol–water partition coefficient (Wildman–Crippen LogP) is 1.64. The average molecular weight is 290 g/mol. The standard InChI is InChI=1S/C10H12BrNO4/c1-16-10-6(11)3-2-5(9(10)15)7(12)4-8(13)14/h2-3,7,15H,4,12H2,1H3,(H,13,14). The summed E-state index contributed by atoms with van der Waals surface area (Å²) in [5, 5.41) is 18.4. The third kappa shape index (κ3) is 2.65. The van der Waals surface area contributed by atoms with Crippen molar-refractivity contribution >= 4 is 21.9 Å². The molecule has 4 N–H and O–H groups in total. The molecular weight excluding hydrogens is 278 g/mol. The Morgan fingerprint density at radius 1 is 1.62 bits per heavy atom. The summed E-state index contributed by atoms with van der Waals surface area (Å²) in [5.74, 6) is -0.905. The Morgan fingerprint density at radius 2 is 2.25 bits per heavy atom. The SMILES string of the molecule is COc1c(Br)ccc(C(N)CC(=O)O)c1O. The van der Waals surface area contributed by atoms with Crippen LogP contribution in [0.1, 0.15) is 18.0 Å².